The van der Waals surface area contributed by atoms with Gasteiger partial charge in [0, 0.05) is 12.1 Å². The fraction of sp³-hybridized carbons (Fsp3) is 1.00. The van der Waals surface area contributed by atoms with Crippen LogP contribution in [0.1, 0.15) is 47.5 Å². The van der Waals surface area contributed by atoms with Crippen LogP contribution >= 0.6 is 0 Å². The van der Waals surface area contributed by atoms with Gasteiger partial charge in [-0.3, -0.25) is 0 Å². The molecule has 14 heavy (non-hydrogen) atoms. The van der Waals surface area contributed by atoms with Gasteiger partial charge in [-0.2, -0.15) is 0 Å². The highest BCUT2D eigenvalue weighted by atomic mass is 16.3. The Morgan fingerprint density at radius 1 is 1.29 bits per heavy atom. The lowest BCUT2D eigenvalue weighted by atomic mass is 9.90. The molecule has 0 aromatic rings. The van der Waals surface area contributed by atoms with Crippen molar-refractivity contribution in [2.45, 2.75) is 58.6 Å². The summed E-state index contributed by atoms with van der Waals surface area (Å²) >= 11 is 0. The summed E-state index contributed by atoms with van der Waals surface area (Å²) in [7, 11) is 0. The van der Waals surface area contributed by atoms with Crippen molar-refractivity contribution in [1.29, 1.82) is 0 Å². The largest absolute Gasteiger partial charge is 0.389 e. The predicted octanol–water partition coefficient (Wildman–Crippen LogP) is 2.17. The van der Waals surface area contributed by atoms with Gasteiger partial charge < -0.3 is 10.4 Å². The molecule has 2 N–H and O–H groups in total. The lowest BCUT2D eigenvalue weighted by molar-refractivity contribution is 0.00711. The summed E-state index contributed by atoms with van der Waals surface area (Å²) in [5.41, 5.74) is -0.398. The second kappa shape index (κ2) is 3.82. The number of nitrogens with one attached hydrogen (secondary N) is 1. The zero-order chi connectivity index (χ0) is 11.0. The van der Waals surface area contributed by atoms with E-state index in [0.717, 1.165) is 5.92 Å². The van der Waals surface area contributed by atoms with Crippen LogP contribution in [-0.4, -0.2) is 22.8 Å². The van der Waals surface area contributed by atoms with Gasteiger partial charge in [0.25, 0.3) is 0 Å². The van der Waals surface area contributed by atoms with Crippen LogP contribution in [0, 0.1) is 11.8 Å². The van der Waals surface area contributed by atoms with Gasteiger partial charge in [0.15, 0.2) is 0 Å². The van der Waals surface area contributed by atoms with Crippen molar-refractivity contribution in [3.05, 3.63) is 0 Å². The maximum absolute atomic E-state index is 10.1. The molecule has 0 bridgehead atoms. The van der Waals surface area contributed by atoms with Crippen LogP contribution in [0.5, 0.6) is 0 Å². The van der Waals surface area contributed by atoms with E-state index in [-0.39, 0.29) is 5.54 Å². The lowest BCUT2D eigenvalue weighted by Crippen LogP contribution is -2.51. The molecule has 1 rings (SSSR count). The maximum atomic E-state index is 10.1. The van der Waals surface area contributed by atoms with Crippen molar-refractivity contribution >= 4 is 0 Å². The summed E-state index contributed by atoms with van der Waals surface area (Å²) in [4.78, 5) is 0. The highest BCUT2D eigenvalue weighted by Crippen LogP contribution is 2.39. The Kier molecular flexibility index (Phi) is 3.27. The fourth-order valence-electron chi connectivity index (χ4n) is 1.56. The van der Waals surface area contributed by atoms with Crippen molar-refractivity contribution in [2.24, 2.45) is 11.8 Å². The van der Waals surface area contributed by atoms with Crippen LogP contribution in [0.25, 0.3) is 0 Å². The fourth-order valence-corrected chi connectivity index (χ4v) is 1.56. The smallest absolute Gasteiger partial charge is 0.0766 e. The first-order valence-electron chi connectivity index (χ1n) is 5.73. The van der Waals surface area contributed by atoms with Crippen molar-refractivity contribution in [3.8, 4) is 0 Å². The first-order chi connectivity index (χ1) is 6.26. The van der Waals surface area contributed by atoms with Gasteiger partial charge in [-0.15, -0.1) is 0 Å². The number of aliphatic hydroxyl groups is 1. The Balaban J connectivity index is 2.38. The molecule has 1 saturated carbocycles. The van der Waals surface area contributed by atoms with E-state index < -0.39 is 5.60 Å². The Morgan fingerprint density at radius 3 is 2.14 bits per heavy atom. The third kappa shape index (κ3) is 2.96. The molecule has 1 aliphatic rings. The van der Waals surface area contributed by atoms with Gasteiger partial charge in [-0.1, -0.05) is 13.8 Å². The molecule has 2 heteroatoms. The van der Waals surface area contributed by atoms with E-state index in [1.165, 1.54) is 12.8 Å². The number of hydrogen-bond acceptors (Lipinski definition) is 2. The van der Waals surface area contributed by atoms with E-state index in [0.29, 0.717) is 12.5 Å². The molecule has 0 aromatic heterocycles. The highest BCUT2D eigenvalue weighted by Gasteiger charge is 2.38. The van der Waals surface area contributed by atoms with Crippen LogP contribution in [0.15, 0.2) is 0 Å². The van der Waals surface area contributed by atoms with Crippen LogP contribution in [-0.2, 0) is 0 Å². The molecule has 0 aliphatic heterocycles. The highest BCUT2D eigenvalue weighted by molar-refractivity contribution is 4.96. The molecular weight excluding hydrogens is 174 g/mol. The van der Waals surface area contributed by atoms with Gasteiger partial charge in [-0.05, 0) is 45.4 Å². The van der Waals surface area contributed by atoms with Crippen molar-refractivity contribution in [1.82, 2.24) is 5.32 Å². The van der Waals surface area contributed by atoms with E-state index in [1.54, 1.807) is 0 Å². The molecule has 1 fully saturated rings. The molecule has 0 radical (unpaired) electrons. The van der Waals surface area contributed by atoms with Gasteiger partial charge in [0.1, 0.15) is 0 Å². The summed E-state index contributed by atoms with van der Waals surface area (Å²) in [6.07, 6.45) is 2.67. The first-order valence-corrected chi connectivity index (χ1v) is 5.73. The zero-order valence-electron chi connectivity index (χ0n) is 10.2. The van der Waals surface area contributed by atoms with E-state index in [4.69, 9.17) is 0 Å². The molecule has 0 amide bonds. The first kappa shape index (κ1) is 12.0. The minimum absolute atomic E-state index is 0.193. The molecule has 0 saturated heterocycles. The van der Waals surface area contributed by atoms with E-state index >= 15 is 0 Å². The van der Waals surface area contributed by atoms with E-state index in [9.17, 15) is 5.11 Å². The summed E-state index contributed by atoms with van der Waals surface area (Å²) in [5.74, 6) is 1.11. The molecule has 84 valence electrons. The summed E-state index contributed by atoms with van der Waals surface area (Å²) < 4.78 is 0. The average Bonchev–Trinajstić information content (AvgIpc) is 2.83. The minimum Gasteiger partial charge on any atom is -0.389 e. The third-order valence-corrected chi connectivity index (χ3v) is 3.74. The number of β-amino-alcohol motifs (C(OH)–C–C–N with tert-alkyl or cyclic N) is 1. The van der Waals surface area contributed by atoms with Crippen molar-refractivity contribution < 1.29 is 5.11 Å². The Labute approximate surface area is 88.1 Å². The summed E-state index contributed by atoms with van der Waals surface area (Å²) in [6, 6.07) is 0. The molecule has 0 heterocycles. The van der Waals surface area contributed by atoms with Crippen LogP contribution < -0.4 is 5.32 Å². The molecular formula is C12H25NO. The maximum Gasteiger partial charge on any atom is 0.0766 e. The summed E-state index contributed by atoms with van der Waals surface area (Å²) in [5, 5.41) is 13.6. The normalized spacial score (nSPS) is 22.5. The molecule has 1 atom stereocenters. The molecule has 0 spiro atoms. The number of hydrogen-bond donors (Lipinski definition) is 2. The van der Waals surface area contributed by atoms with Gasteiger partial charge >= 0.3 is 0 Å². The lowest BCUT2D eigenvalue weighted by Gasteiger charge is -2.34. The Bertz CT molecular complexity index is 178. The molecule has 1 aliphatic carbocycles. The second-order valence-electron chi connectivity index (χ2n) is 5.86. The van der Waals surface area contributed by atoms with Crippen molar-refractivity contribution in [2.75, 3.05) is 6.54 Å². The minimum atomic E-state index is -0.591. The third-order valence-electron chi connectivity index (χ3n) is 3.74. The Morgan fingerprint density at radius 2 is 1.79 bits per heavy atom. The molecule has 0 aromatic carbocycles. The van der Waals surface area contributed by atoms with Gasteiger partial charge in [-0.25, -0.2) is 0 Å². The van der Waals surface area contributed by atoms with E-state index in [1.807, 2.05) is 6.92 Å². The Hall–Kier alpha value is -0.0800. The monoisotopic (exact) mass is 199 g/mol. The zero-order valence-corrected chi connectivity index (χ0v) is 10.2. The van der Waals surface area contributed by atoms with Crippen LogP contribution in [0.3, 0.4) is 0 Å². The van der Waals surface area contributed by atoms with E-state index in [2.05, 4.69) is 33.0 Å². The second-order valence-corrected chi connectivity index (χ2v) is 5.86. The van der Waals surface area contributed by atoms with Crippen molar-refractivity contribution in [3.63, 3.8) is 0 Å². The van der Waals surface area contributed by atoms with Crippen LogP contribution in [0.2, 0.25) is 0 Å². The molecule has 2 nitrogen and oxygen atoms in total. The predicted molar refractivity (Wildman–Crippen MR) is 60.3 cm³/mol. The summed E-state index contributed by atoms with van der Waals surface area (Å²) in [6.45, 7) is 11.2. The van der Waals surface area contributed by atoms with Gasteiger partial charge in [0.05, 0.1) is 5.60 Å². The SMILES string of the molecule is CC(C)C(C)(O)CNC(C)(C)C1CC1. The average molecular weight is 199 g/mol. The number of rotatable bonds is 5. The standard InChI is InChI=1S/C12H25NO/c1-9(2)12(5,14)8-13-11(3,4)10-6-7-10/h9-10,13-14H,6-8H2,1-5H3. The molecule has 1 unspecified atom stereocenters. The topological polar surface area (TPSA) is 32.3 Å². The van der Waals surface area contributed by atoms with Gasteiger partial charge in [0.2, 0.25) is 0 Å². The van der Waals surface area contributed by atoms with Crippen LogP contribution in [0.4, 0.5) is 0 Å². The quantitative estimate of drug-likeness (QED) is 0.711.